The second-order valence-corrected chi connectivity index (χ2v) is 2.33. The monoisotopic (exact) mass is 152 g/mol. The van der Waals surface area contributed by atoms with Crippen LogP contribution in [0.3, 0.4) is 0 Å². The molecule has 0 heterocycles. The van der Waals surface area contributed by atoms with E-state index >= 15 is 0 Å². The largest absolute Gasteiger partial charge is 0.392 e. The second kappa shape index (κ2) is 3.25. The van der Waals surface area contributed by atoms with Gasteiger partial charge in [-0.1, -0.05) is 12.1 Å². The van der Waals surface area contributed by atoms with E-state index in [0.29, 0.717) is 5.69 Å². The highest BCUT2D eigenvalue weighted by atomic mass is 16.3. The van der Waals surface area contributed by atoms with Gasteiger partial charge in [-0.05, 0) is 5.56 Å². The van der Waals surface area contributed by atoms with Crippen molar-refractivity contribution in [1.82, 2.24) is 0 Å². The molecule has 0 aliphatic rings. The van der Waals surface area contributed by atoms with Gasteiger partial charge >= 0.3 is 0 Å². The van der Waals surface area contributed by atoms with Gasteiger partial charge < -0.3 is 5.11 Å². The fraction of sp³-hybridized carbons (Fsp3) is 0.250. The van der Waals surface area contributed by atoms with Crippen molar-refractivity contribution in [3.63, 3.8) is 0 Å². The highest BCUT2D eigenvalue weighted by molar-refractivity contribution is 5.33. The Labute approximate surface area is 64.9 Å². The van der Waals surface area contributed by atoms with E-state index in [0.717, 1.165) is 10.3 Å². The number of nitroso groups, excluding NO2 is 1. The zero-order valence-corrected chi connectivity index (χ0v) is 6.32. The van der Waals surface area contributed by atoms with Crippen LogP contribution in [0.4, 0.5) is 5.69 Å². The Hall–Kier alpha value is -1.22. The van der Waals surface area contributed by atoms with Gasteiger partial charge in [0.2, 0.25) is 0 Å². The molecular formula is C8H10NO2+. The van der Waals surface area contributed by atoms with Crippen molar-refractivity contribution in [3.05, 3.63) is 34.7 Å². The van der Waals surface area contributed by atoms with Gasteiger partial charge in [-0.3, -0.25) is 0 Å². The molecule has 1 rings (SSSR count). The lowest BCUT2D eigenvalue weighted by atomic mass is 10.2. The highest BCUT2D eigenvalue weighted by Crippen LogP contribution is 2.11. The summed E-state index contributed by atoms with van der Waals surface area (Å²) in [5.74, 6) is 0. The molecule has 1 aromatic carbocycles. The number of hydrogen-bond donors (Lipinski definition) is 1. The van der Waals surface area contributed by atoms with Gasteiger partial charge in [-0.25, -0.2) is 0 Å². The first-order valence-corrected chi connectivity index (χ1v) is 3.34. The van der Waals surface area contributed by atoms with Crippen LogP contribution in [0.25, 0.3) is 0 Å². The molecule has 3 nitrogen and oxygen atoms in total. The predicted octanol–water partition coefficient (Wildman–Crippen LogP) is 1.22. The fourth-order valence-electron chi connectivity index (χ4n) is 0.851. The van der Waals surface area contributed by atoms with Gasteiger partial charge in [0.1, 0.15) is 0 Å². The van der Waals surface area contributed by atoms with Crippen molar-refractivity contribution in [1.29, 1.82) is 0 Å². The van der Waals surface area contributed by atoms with E-state index in [1.165, 1.54) is 7.05 Å². The molecule has 0 unspecified atom stereocenters. The van der Waals surface area contributed by atoms with Crippen molar-refractivity contribution in [2.24, 2.45) is 0 Å². The molecule has 58 valence electrons. The Bertz CT molecular complexity index is 271. The second-order valence-electron chi connectivity index (χ2n) is 2.33. The quantitative estimate of drug-likeness (QED) is 0.647. The maximum atomic E-state index is 10.7. The molecule has 1 aromatic rings. The first-order chi connectivity index (χ1) is 5.24. The standard InChI is InChI=1S/C8H10NO2/c1-9(11)8-4-2-3-7(5-8)6-10/h2-5,10H,6H2,1H3/q+1. The fourth-order valence-corrected chi connectivity index (χ4v) is 0.851. The molecule has 0 bridgehead atoms. The maximum Gasteiger partial charge on any atom is 0.255 e. The summed E-state index contributed by atoms with van der Waals surface area (Å²) in [7, 11) is 1.43. The van der Waals surface area contributed by atoms with Crippen molar-refractivity contribution in [3.8, 4) is 0 Å². The van der Waals surface area contributed by atoms with Crippen LogP contribution in [0.1, 0.15) is 5.56 Å². The van der Waals surface area contributed by atoms with E-state index in [4.69, 9.17) is 5.11 Å². The molecule has 0 spiro atoms. The molecule has 0 saturated carbocycles. The Morgan fingerprint density at radius 3 is 2.82 bits per heavy atom. The van der Waals surface area contributed by atoms with Crippen LogP contribution in [-0.4, -0.2) is 16.9 Å². The van der Waals surface area contributed by atoms with Crippen LogP contribution < -0.4 is 0 Å². The van der Waals surface area contributed by atoms with Crippen molar-refractivity contribution in [2.75, 3.05) is 7.05 Å². The van der Waals surface area contributed by atoms with Gasteiger partial charge in [0.25, 0.3) is 5.69 Å². The van der Waals surface area contributed by atoms with Crippen LogP contribution in [-0.2, 0) is 6.61 Å². The summed E-state index contributed by atoms with van der Waals surface area (Å²) < 4.78 is 0.763. The predicted molar refractivity (Wildman–Crippen MR) is 41.6 cm³/mol. The molecule has 0 radical (unpaired) electrons. The van der Waals surface area contributed by atoms with Gasteiger partial charge in [0.15, 0.2) is 7.05 Å². The van der Waals surface area contributed by atoms with Crippen molar-refractivity contribution >= 4 is 5.69 Å². The van der Waals surface area contributed by atoms with E-state index in [-0.39, 0.29) is 6.61 Å². The molecule has 0 atom stereocenters. The molecule has 0 aliphatic carbocycles. The number of benzene rings is 1. The maximum absolute atomic E-state index is 10.7. The van der Waals surface area contributed by atoms with Crippen LogP contribution in [0.2, 0.25) is 0 Å². The van der Waals surface area contributed by atoms with Crippen molar-refractivity contribution < 1.29 is 9.87 Å². The minimum Gasteiger partial charge on any atom is -0.392 e. The van der Waals surface area contributed by atoms with Gasteiger partial charge in [0.05, 0.1) is 6.61 Å². The lowest BCUT2D eigenvalue weighted by Crippen LogP contribution is -1.91. The van der Waals surface area contributed by atoms with E-state index in [2.05, 4.69) is 0 Å². The van der Waals surface area contributed by atoms with Gasteiger partial charge in [0, 0.05) is 21.8 Å². The zero-order chi connectivity index (χ0) is 8.27. The van der Waals surface area contributed by atoms with E-state index in [9.17, 15) is 4.91 Å². The average Bonchev–Trinajstić information content (AvgIpc) is 2.05. The lowest BCUT2D eigenvalue weighted by Gasteiger charge is -1.92. The summed E-state index contributed by atoms with van der Waals surface area (Å²) in [5, 5.41) is 8.72. The lowest BCUT2D eigenvalue weighted by molar-refractivity contribution is -0.428. The molecule has 0 fully saturated rings. The van der Waals surface area contributed by atoms with Crippen LogP contribution in [0.15, 0.2) is 24.3 Å². The van der Waals surface area contributed by atoms with Crippen LogP contribution in [0, 0.1) is 4.91 Å². The van der Waals surface area contributed by atoms with Crippen LogP contribution >= 0.6 is 0 Å². The molecule has 0 amide bonds. The minimum atomic E-state index is -0.0261. The summed E-state index contributed by atoms with van der Waals surface area (Å²) in [6.07, 6.45) is 0. The zero-order valence-electron chi connectivity index (χ0n) is 6.32. The molecule has 3 heteroatoms. The summed E-state index contributed by atoms with van der Waals surface area (Å²) in [6, 6.07) is 6.88. The van der Waals surface area contributed by atoms with E-state index in [1.807, 2.05) is 0 Å². The average molecular weight is 152 g/mol. The molecule has 0 saturated heterocycles. The van der Waals surface area contributed by atoms with Crippen molar-refractivity contribution in [2.45, 2.75) is 6.61 Å². The normalized spacial score (nSPS) is 9.64. The Kier molecular flexibility index (Phi) is 2.33. The molecule has 11 heavy (non-hydrogen) atoms. The smallest absolute Gasteiger partial charge is 0.255 e. The summed E-state index contributed by atoms with van der Waals surface area (Å²) in [5.41, 5.74) is 1.32. The summed E-state index contributed by atoms with van der Waals surface area (Å²) in [6.45, 7) is -0.0261. The topological polar surface area (TPSA) is 40.3 Å². The number of nitrogens with zero attached hydrogens (tertiary/aromatic N) is 1. The van der Waals surface area contributed by atoms with Crippen LogP contribution in [0.5, 0.6) is 0 Å². The van der Waals surface area contributed by atoms with E-state index in [1.54, 1.807) is 24.3 Å². The molecule has 0 aromatic heterocycles. The third kappa shape index (κ3) is 1.85. The Morgan fingerprint density at radius 2 is 2.27 bits per heavy atom. The first kappa shape index (κ1) is 7.88. The third-order valence-electron chi connectivity index (χ3n) is 1.46. The Morgan fingerprint density at radius 1 is 1.55 bits per heavy atom. The van der Waals surface area contributed by atoms with Gasteiger partial charge in [-0.2, -0.15) is 0 Å². The molecule has 1 N–H and O–H groups in total. The number of aliphatic hydroxyl groups excluding tert-OH is 1. The highest BCUT2D eigenvalue weighted by Gasteiger charge is 2.05. The number of rotatable bonds is 2. The summed E-state index contributed by atoms with van der Waals surface area (Å²) in [4.78, 5) is 10.7. The van der Waals surface area contributed by atoms with E-state index < -0.39 is 0 Å². The molecular weight excluding hydrogens is 142 g/mol. The summed E-state index contributed by atoms with van der Waals surface area (Å²) >= 11 is 0. The molecule has 0 aliphatic heterocycles. The first-order valence-electron chi connectivity index (χ1n) is 3.34. The number of hydrogen-bond acceptors (Lipinski definition) is 2. The van der Waals surface area contributed by atoms with Gasteiger partial charge in [-0.15, -0.1) is 0 Å². The SMILES string of the molecule is C[N+](=O)c1cccc(CO)c1. The third-order valence-corrected chi connectivity index (χ3v) is 1.46. The number of aliphatic hydroxyl groups is 1. The Balaban J connectivity index is 3.01. The minimum absolute atomic E-state index is 0.0261.